The zero-order valence-corrected chi connectivity index (χ0v) is 20.1. The molecule has 2 saturated carbocycles. The zero-order valence-electron chi connectivity index (χ0n) is 20.1. The summed E-state index contributed by atoms with van der Waals surface area (Å²) in [6, 6.07) is 5.47. The van der Waals surface area contributed by atoms with Crippen LogP contribution in [0.2, 0.25) is 0 Å². The molecule has 0 spiro atoms. The van der Waals surface area contributed by atoms with Crippen LogP contribution in [0.4, 0.5) is 0 Å². The number of hydrogen-bond donors (Lipinski definition) is 1. The van der Waals surface area contributed by atoms with Gasteiger partial charge >= 0.3 is 0 Å². The first-order valence-electron chi connectivity index (χ1n) is 12.7. The van der Waals surface area contributed by atoms with Gasteiger partial charge in [-0.15, -0.1) is 0 Å². The first-order valence-corrected chi connectivity index (χ1v) is 12.7. The molecule has 8 heteroatoms. The molecular weight excluding hydrogens is 434 g/mol. The number of piperidine rings is 1. The molecule has 184 valence electrons. The van der Waals surface area contributed by atoms with Crippen molar-refractivity contribution in [3.8, 4) is 5.75 Å². The van der Waals surface area contributed by atoms with Gasteiger partial charge in [0.05, 0.1) is 6.10 Å². The lowest BCUT2D eigenvalue weighted by Crippen LogP contribution is -2.52. The third-order valence-electron chi connectivity index (χ3n) is 8.09. The molecule has 3 amide bonds. The second kappa shape index (κ2) is 9.66. The molecule has 3 atom stereocenters. The van der Waals surface area contributed by atoms with E-state index in [0.29, 0.717) is 36.6 Å². The van der Waals surface area contributed by atoms with E-state index in [1.165, 1.54) is 0 Å². The number of ether oxygens (including phenoxy) is 2. The predicted octanol–water partition coefficient (Wildman–Crippen LogP) is 2.49. The highest BCUT2D eigenvalue weighted by Gasteiger charge is 2.40. The highest BCUT2D eigenvalue weighted by atomic mass is 16.5. The van der Waals surface area contributed by atoms with Crippen molar-refractivity contribution in [1.29, 1.82) is 0 Å². The number of carbonyl (C=O) groups excluding carboxylic acids is 3. The van der Waals surface area contributed by atoms with Crippen LogP contribution in [0.15, 0.2) is 18.2 Å². The molecule has 3 fully saturated rings. The predicted molar refractivity (Wildman–Crippen MR) is 125 cm³/mol. The van der Waals surface area contributed by atoms with Gasteiger partial charge in [0.25, 0.3) is 5.91 Å². The molecule has 8 nitrogen and oxygen atoms in total. The highest BCUT2D eigenvalue weighted by molar-refractivity contribution is 6.05. The molecule has 1 saturated heterocycles. The lowest BCUT2D eigenvalue weighted by Gasteiger charge is -2.40. The molecule has 0 radical (unpaired) electrons. The average Bonchev–Trinajstić information content (AvgIpc) is 3.37. The molecule has 4 aliphatic rings. The second-order valence-corrected chi connectivity index (χ2v) is 10.2. The number of rotatable bonds is 8. The summed E-state index contributed by atoms with van der Waals surface area (Å²) in [7, 11) is 1.80. The van der Waals surface area contributed by atoms with Gasteiger partial charge in [0, 0.05) is 38.2 Å². The van der Waals surface area contributed by atoms with Crippen molar-refractivity contribution in [1.82, 2.24) is 15.1 Å². The summed E-state index contributed by atoms with van der Waals surface area (Å²) in [6.45, 7) is 4.71. The monoisotopic (exact) mass is 469 g/mol. The van der Waals surface area contributed by atoms with Gasteiger partial charge in [-0.05, 0) is 74.8 Å². The lowest BCUT2D eigenvalue weighted by atomic mass is 9.81. The van der Waals surface area contributed by atoms with Gasteiger partial charge in [-0.25, -0.2) is 0 Å². The maximum atomic E-state index is 12.9. The summed E-state index contributed by atoms with van der Waals surface area (Å²) >= 11 is 0. The summed E-state index contributed by atoms with van der Waals surface area (Å²) < 4.78 is 12.0. The number of nitrogens with zero attached hydrogens (tertiary/aromatic N) is 2. The molecule has 34 heavy (non-hydrogen) atoms. The standard InChI is InChI=1S/C26H35N3O5/c1-3-28(14-16-11-19(12-16)33-2)21-5-4-6-23(21)34-18-7-8-20-17(13-18)15-29(26(20)32)22-9-10-24(30)27-25(22)31/h7-8,13,16,19,21-23H,3-6,9-12,14-15H2,1-2H3,(H,27,30,31)/t16-,19+,21-,22?,23+/m1/s1. The molecule has 0 bridgehead atoms. The van der Waals surface area contributed by atoms with Crippen LogP contribution in [0.1, 0.15) is 67.8 Å². The van der Waals surface area contributed by atoms with Crippen molar-refractivity contribution in [3.05, 3.63) is 29.3 Å². The minimum Gasteiger partial charge on any atom is -0.489 e. The topological polar surface area (TPSA) is 88.2 Å². The summed E-state index contributed by atoms with van der Waals surface area (Å²) in [5, 5.41) is 2.35. The minimum atomic E-state index is -0.594. The van der Waals surface area contributed by atoms with E-state index in [2.05, 4.69) is 17.1 Å². The van der Waals surface area contributed by atoms with E-state index in [-0.39, 0.29) is 30.2 Å². The fourth-order valence-corrected chi connectivity index (χ4v) is 6.11. The number of likely N-dealkylation sites (N-methyl/N-ethyl adjacent to an activating group) is 1. The first-order chi connectivity index (χ1) is 16.5. The maximum Gasteiger partial charge on any atom is 0.255 e. The molecule has 1 aromatic rings. The summed E-state index contributed by atoms with van der Waals surface area (Å²) in [5.41, 5.74) is 1.50. The quantitative estimate of drug-likeness (QED) is 0.589. The summed E-state index contributed by atoms with van der Waals surface area (Å²) in [6.07, 6.45) is 6.82. The third kappa shape index (κ3) is 4.45. The van der Waals surface area contributed by atoms with Crippen LogP contribution < -0.4 is 10.1 Å². The van der Waals surface area contributed by atoms with Crippen molar-refractivity contribution < 1.29 is 23.9 Å². The van der Waals surface area contributed by atoms with Crippen molar-refractivity contribution in [3.63, 3.8) is 0 Å². The van der Waals surface area contributed by atoms with E-state index >= 15 is 0 Å². The van der Waals surface area contributed by atoms with Crippen LogP contribution in [0.25, 0.3) is 0 Å². The lowest BCUT2D eigenvalue weighted by molar-refractivity contribution is -0.136. The summed E-state index contributed by atoms with van der Waals surface area (Å²) in [5.74, 6) is 0.680. The Bertz CT molecular complexity index is 960. The van der Waals surface area contributed by atoms with Crippen molar-refractivity contribution in [2.75, 3.05) is 20.2 Å². The number of imide groups is 1. The Kier molecular flexibility index (Phi) is 6.62. The van der Waals surface area contributed by atoms with Gasteiger partial charge in [-0.1, -0.05) is 6.92 Å². The molecule has 1 unspecified atom stereocenters. The molecule has 1 aromatic carbocycles. The fraction of sp³-hybridized carbons (Fsp3) is 0.654. The smallest absolute Gasteiger partial charge is 0.255 e. The van der Waals surface area contributed by atoms with E-state index in [0.717, 1.165) is 56.5 Å². The molecule has 2 aliphatic heterocycles. The normalized spacial score (nSPS) is 31.0. The van der Waals surface area contributed by atoms with Gasteiger partial charge < -0.3 is 14.4 Å². The van der Waals surface area contributed by atoms with Gasteiger partial charge in [-0.2, -0.15) is 0 Å². The van der Waals surface area contributed by atoms with Crippen LogP contribution >= 0.6 is 0 Å². The number of carbonyl (C=O) groups is 3. The maximum absolute atomic E-state index is 12.9. The van der Waals surface area contributed by atoms with Crippen molar-refractivity contribution in [2.45, 2.75) is 82.7 Å². The summed E-state index contributed by atoms with van der Waals surface area (Å²) in [4.78, 5) is 40.9. The van der Waals surface area contributed by atoms with E-state index in [1.807, 2.05) is 18.2 Å². The van der Waals surface area contributed by atoms with Gasteiger partial charge in [0.2, 0.25) is 11.8 Å². The molecule has 5 rings (SSSR count). The molecule has 2 aliphatic carbocycles. The van der Waals surface area contributed by atoms with E-state index in [4.69, 9.17) is 9.47 Å². The van der Waals surface area contributed by atoms with Gasteiger partial charge in [0.1, 0.15) is 17.9 Å². The first kappa shape index (κ1) is 23.3. The van der Waals surface area contributed by atoms with Crippen LogP contribution in [0, 0.1) is 5.92 Å². The molecule has 1 N–H and O–H groups in total. The van der Waals surface area contributed by atoms with Crippen molar-refractivity contribution in [2.24, 2.45) is 5.92 Å². The third-order valence-corrected chi connectivity index (χ3v) is 8.09. The molecular formula is C26H35N3O5. The number of fused-ring (bicyclic) bond motifs is 1. The Balaban J connectivity index is 1.23. The fourth-order valence-electron chi connectivity index (χ4n) is 6.11. The minimum absolute atomic E-state index is 0.139. The van der Waals surface area contributed by atoms with Crippen LogP contribution in [-0.4, -0.2) is 72.0 Å². The Hall–Kier alpha value is -2.45. The molecule has 0 aromatic heterocycles. The Morgan fingerprint density at radius 3 is 2.71 bits per heavy atom. The van der Waals surface area contributed by atoms with Crippen LogP contribution in [-0.2, 0) is 20.9 Å². The largest absolute Gasteiger partial charge is 0.489 e. The van der Waals surface area contributed by atoms with Gasteiger partial charge in [-0.3, -0.25) is 24.6 Å². The van der Waals surface area contributed by atoms with E-state index in [1.54, 1.807) is 12.0 Å². The number of benzene rings is 1. The number of amides is 3. The molecule has 2 heterocycles. The Morgan fingerprint density at radius 1 is 1.15 bits per heavy atom. The average molecular weight is 470 g/mol. The number of hydrogen-bond acceptors (Lipinski definition) is 6. The highest BCUT2D eigenvalue weighted by Crippen LogP contribution is 2.35. The SMILES string of the molecule is CCN(C[C@H]1C[C@@H](OC)C1)[C@@H]1CCC[C@@H]1Oc1ccc2c(c1)CN(C1CCC(=O)NC1=O)C2=O. The second-order valence-electron chi connectivity index (χ2n) is 10.2. The number of nitrogens with one attached hydrogen (secondary N) is 1. The van der Waals surface area contributed by atoms with Crippen molar-refractivity contribution >= 4 is 17.7 Å². The Labute approximate surface area is 200 Å². The van der Waals surface area contributed by atoms with E-state index < -0.39 is 6.04 Å². The van der Waals surface area contributed by atoms with Crippen LogP contribution in [0.3, 0.4) is 0 Å². The van der Waals surface area contributed by atoms with Crippen LogP contribution in [0.5, 0.6) is 5.75 Å². The number of methoxy groups -OCH3 is 1. The van der Waals surface area contributed by atoms with E-state index in [9.17, 15) is 14.4 Å². The Morgan fingerprint density at radius 2 is 1.97 bits per heavy atom. The van der Waals surface area contributed by atoms with Gasteiger partial charge in [0.15, 0.2) is 0 Å². The zero-order chi connectivity index (χ0) is 23.8.